The van der Waals surface area contributed by atoms with Gasteiger partial charge >= 0.3 is 0 Å². The zero-order chi connectivity index (χ0) is 18.1. The van der Waals surface area contributed by atoms with E-state index in [9.17, 15) is 9.18 Å². The van der Waals surface area contributed by atoms with Crippen LogP contribution in [0.25, 0.3) is 10.9 Å². The third-order valence-electron chi connectivity index (χ3n) is 4.24. The molecule has 0 fully saturated rings. The number of aromatic nitrogens is 2. The summed E-state index contributed by atoms with van der Waals surface area (Å²) >= 11 is 0. The molecule has 2 aromatic heterocycles. The summed E-state index contributed by atoms with van der Waals surface area (Å²) in [5.41, 5.74) is 2.28. The molecule has 0 saturated heterocycles. The molecule has 2 aromatic carbocycles. The maximum atomic E-state index is 13.1. The van der Waals surface area contributed by atoms with Crippen molar-refractivity contribution >= 4 is 22.6 Å². The van der Waals surface area contributed by atoms with Gasteiger partial charge in [-0.2, -0.15) is 5.10 Å². The predicted molar refractivity (Wildman–Crippen MR) is 96.6 cm³/mol. The minimum Gasteiger partial charge on any atom is -0.469 e. The monoisotopic (exact) mass is 349 g/mol. The number of amides is 1. The molecule has 0 aliphatic heterocycles. The van der Waals surface area contributed by atoms with Crippen molar-refractivity contribution in [1.82, 2.24) is 9.78 Å². The molecule has 0 saturated carbocycles. The standard InChI is InChI=1S/C20H16FN3O2/c1-13-16(10-11-26-13)20(25)22-19-17-4-2-3-5-18(17)24(23-19)12-14-6-8-15(21)9-7-14/h2-11H,12H2,1H3,(H,22,23,25). The van der Waals surface area contributed by atoms with E-state index in [-0.39, 0.29) is 11.7 Å². The van der Waals surface area contributed by atoms with Gasteiger partial charge in [0, 0.05) is 5.39 Å². The first-order valence-electron chi connectivity index (χ1n) is 8.17. The van der Waals surface area contributed by atoms with E-state index in [4.69, 9.17) is 4.42 Å². The number of rotatable bonds is 4. The Labute approximate surface area is 149 Å². The van der Waals surface area contributed by atoms with Gasteiger partial charge in [0.05, 0.1) is 23.9 Å². The fraction of sp³-hybridized carbons (Fsp3) is 0.100. The lowest BCUT2D eigenvalue weighted by atomic mass is 10.2. The van der Waals surface area contributed by atoms with E-state index >= 15 is 0 Å². The predicted octanol–water partition coefficient (Wildman–Crippen LogP) is 4.38. The van der Waals surface area contributed by atoms with Gasteiger partial charge in [-0.15, -0.1) is 0 Å². The Kier molecular flexibility index (Phi) is 4.01. The van der Waals surface area contributed by atoms with Crippen LogP contribution in [0.3, 0.4) is 0 Å². The van der Waals surface area contributed by atoms with Gasteiger partial charge in [-0.25, -0.2) is 4.39 Å². The Morgan fingerprint density at radius 2 is 1.92 bits per heavy atom. The second-order valence-electron chi connectivity index (χ2n) is 5.99. The van der Waals surface area contributed by atoms with E-state index in [1.165, 1.54) is 18.4 Å². The molecule has 1 amide bonds. The summed E-state index contributed by atoms with van der Waals surface area (Å²) in [6.45, 7) is 2.21. The van der Waals surface area contributed by atoms with Gasteiger partial charge in [-0.05, 0) is 42.8 Å². The summed E-state index contributed by atoms with van der Waals surface area (Å²) in [7, 11) is 0. The molecule has 6 heteroatoms. The van der Waals surface area contributed by atoms with Crippen molar-refractivity contribution in [2.24, 2.45) is 0 Å². The van der Waals surface area contributed by atoms with E-state index in [0.29, 0.717) is 23.7 Å². The lowest BCUT2D eigenvalue weighted by Gasteiger charge is -2.03. The van der Waals surface area contributed by atoms with Crippen LogP contribution in [0, 0.1) is 12.7 Å². The first-order valence-corrected chi connectivity index (χ1v) is 8.17. The van der Waals surface area contributed by atoms with E-state index in [2.05, 4.69) is 10.4 Å². The fourth-order valence-corrected chi connectivity index (χ4v) is 2.90. The van der Waals surface area contributed by atoms with Crippen LogP contribution >= 0.6 is 0 Å². The number of nitrogens with zero attached hydrogens (tertiary/aromatic N) is 2. The molecule has 4 rings (SSSR count). The minimum absolute atomic E-state index is 0.270. The molecule has 4 aromatic rings. The average Bonchev–Trinajstić information content (AvgIpc) is 3.22. The first kappa shape index (κ1) is 16.1. The van der Waals surface area contributed by atoms with Gasteiger partial charge in [0.25, 0.3) is 5.91 Å². The SMILES string of the molecule is Cc1occc1C(=O)Nc1nn(Cc2ccc(F)cc2)c2ccccc12. The number of anilines is 1. The number of carbonyl (C=O) groups excluding carboxylic acids is 1. The number of para-hydroxylation sites is 1. The van der Waals surface area contributed by atoms with Crippen molar-refractivity contribution in [2.75, 3.05) is 5.32 Å². The molecular weight excluding hydrogens is 333 g/mol. The summed E-state index contributed by atoms with van der Waals surface area (Å²) in [6, 6.07) is 15.6. The zero-order valence-electron chi connectivity index (χ0n) is 14.1. The van der Waals surface area contributed by atoms with Gasteiger partial charge in [-0.3, -0.25) is 9.48 Å². The number of aryl methyl sites for hydroxylation is 1. The van der Waals surface area contributed by atoms with Gasteiger partial charge in [-0.1, -0.05) is 24.3 Å². The summed E-state index contributed by atoms with van der Waals surface area (Å²) in [6.07, 6.45) is 1.48. The molecule has 2 heterocycles. The van der Waals surface area contributed by atoms with Crippen molar-refractivity contribution < 1.29 is 13.6 Å². The zero-order valence-corrected chi connectivity index (χ0v) is 14.1. The van der Waals surface area contributed by atoms with Crippen LogP contribution in [0.1, 0.15) is 21.7 Å². The Balaban J connectivity index is 1.68. The highest BCUT2D eigenvalue weighted by Crippen LogP contribution is 2.24. The fourth-order valence-electron chi connectivity index (χ4n) is 2.90. The molecule has 0 aliphatic rings. The smallest absolute Gasteiger partial charge is 0.260 e. The average molecular weight is 349 g/mol. The number of fused-ring (bicyclic) bond motifs is 1. The summed E-state index contributed by atoms with van der Waals surface area (Å²) in [5, 5.41) is 8.24. The molecule has 130 valence electrons. The number of nitrogens with one attached hydrogen (secondary N) is 1. The highest BCUT2D eigenvalue weighted by atomic mass is 19.1. The first-order chi connectivity index (χ1) is 12.6. The Bertz CT molecular complexity index is 1080. The molecule has 0 atom stereocenters. The number of hydrogen-bond acceptors (Lipinski definition) is 3. The van der Waals surface area contributed by atoms with E-state index in [0.717, 1.165) is 16.5 Å². The quantitative estimate of drug-likeness (QED) is 0.595. The van der Waals surface area contributed by atoms with Crippen LogP contribution in [-0.2, 0) is 6.54 Å². The summed E-state index contributed by atoms with van der Waals surface area (Å²) < 4.78 is 20.1. The van der Waals surface area contributed by atoms with Crippen molar-refractivity contribution in [3.63, 3.8) is 0 Å². The van der Waals surface area contributed by atoms with E-state index in [1.807, 2.05) is 24.3 Å². The van der Waals surface area contributed by atoms with Gasteiger partial charge in [0.2, 0.25) is 0 Å². The van der Waals surface area contributed by atoms with E-state index < -0.39 is 0 Å². The molecule has 0 radical (unpaired) electrons. The number of hydrogen-bond donors (Lipinski definition) is 1. The number of carbonyl (C=O) groups is 1. The minimum atomic E-state index is -0.275. The van der Waals surface area contributed by atoms with Crippen LogP contribution in [0.5, 0.6) is 0 Å². The third-order valence-corrected chi connectivity index (χ3v) is 4.24. The molecule has 1 N–H and O–H groups in total. The molecule has 0 unspecified atom stereocenters. The Hall–Kier alpha value is -3.41. The normalized spacial score (nSPS) is 11.0. The number of halogens is 1. The van der Waals surface area contributed by atoms with Gasteiger partial charge in [0.1, 0.15) is 11.6 Å². The molecule has 5 nitrogen and oxygen atoms in total. The second kappa shape index (κ2) is 6.48. The van der Waals surface area contributed by atoms with Crippen LogP contribution < -0.4 is 5.32 Å². The highest BCUT2D eigenvalue weighted by molar-refractivity contribution is 6.08. The Morgan fingerprint density at radius 3 is 2.65 bits per heavy atom. The summed E-state index contributed by atoms with van der Waals surface area (Å²) in [5.74, 6) is 0.488. The molecule has 0 aliphatic carbocycles. The topological polar surface area (TPSA) is 60.1 Å². The largest absolute Gasteiger partial charge is 0.469 e. The third kappa shape index (κ3) is 2.97. The van der Waals surface area contributed by atoms with Gasteiger partial charge < -0.3 is 9.73 Å². The number of furan rings is 1. The van der Waals surface area contributed by atoms with Crippen LogP contribution in [0.15, 0.2) is 65.3 Å². The molecular formula is C20H16FN3O2. The van der Waals surface area contributed by atoms with Crippen molar-refractivity contribution in [3.05, 3.63) is 83.6 Å². The van der Waals surface area contributed by atoms with Crippen LogP contribution in [-0.4, -0.2) is 15.7 Å². The van der Waals surface area contributed by atoms with Crippen LogP contribution in [0.4, 0.5) is 10.2 Å². The van der Waals surface area contributed by atoms with E-state index in [1.54, 1.807) is 29.8 Å². The lowest BCUT2D eigenvalue weighted by molar-refractivity contribution is 0.102. The maximum Gasteiger partial charge on any atom is 0.260 e. The Morgan fingerprint density at radius 1 is 1.15 bits per heavy atom. The van der Waals surface area contributed by atoms with Crippen molar-refractivity contribution in [3.8, 4) is 0 Å². The van der Waals surface area contributed by atoms with Crippen molar-refractivity contribution in [1.29, 1.82) is 0 Å². The van der Waals surface area contributed by atoms with Crippen molar-refractivity contribution in [2.45, 2.75) is 13.5 Å². The molecule has 0 bridgehead atoms. The number of benzene rings is 2. The van der Waals surface area contributed by atoms with Crippen LogP contribution in [0.2, 0.25) is 0 Å². The van der Waals surface area contributed by atoms with Gasteiger partial charge in [0.15, 0.2) is 5.82 Å². The summed E-state index contributed by atoms with van der Waals surface area (Å²) in [4.78, 5) is 12.5. The lowest BCUT2D eigenvalue weighted by Crippen LogP contribution is -2.13. The molecule has 0 spiro atoms. The maximum absolute atomic E-state index is 13.1. The molecule has 26 heavy (non-hydrogen) atoms. The highest BCUT2D eigenvalue weighted by Gasteiger charge is 2.16. The second-order valence-corrected chi connectivity index (χ2v) is 5.99.